The first-order valence-electron chi connectivity index (χ1n) is 7.25. The highest BCUT2D eigenvalue weighted by atomic mass is 32.1. The Bertz CT molecular complexity index is 429. The van der Waals surface area contributed by atoms with Crippen molar-refractivity contribution in [3.63, 3.8) is 0 Å². The number of carbonyl (C=O) groups is 1. The minimum Gasteiger partial charge on any atom is -0.342 e. The summed E-state index contributed by atoms with van der Waals surface area (Å²) in [6, 6.07) is 10.5. The molecule has 1 heterocycles. The monoisotopic (exact) mass is 292 g/mol. The third-order valence-corrected chi connectivity index (χ3v) is 4.54. The maximum atomic E-state index is 12.5. The maximum absolute atomic E-state index is 12.5. The standard InChI is InChI=1S/C16H24N2OS/c1-17-10-8-14(9-11-17)18(2)16(19)15(20)12-13-6-4-3-5-7-13/h3-7,14-15,20H,8-12H2,1-2H3. The van der Waals surface area contributed by atoms with Gasteiger partial charge in [-0.05, 0) is 45.0 Å². The summed E-state index contributed by atoms with van der Waals surface area (Å²) in [6.45, 7) is 2.14. The molecule has 1 amide bonds. The van der Waals surface area contributed by atoms with Gasteiger partial charge in [0.15, 0.2) is 0 Å². The minimum absolute atomic E-state index is 0.145. The van der Waals surface area contributed by atoms with Crippen LogP contribution >= 0.6 is 12.6 Å². The fourth-order valence-electron chi connectivity index (χ4n) is 2.72. The van der Waals surface area contributed by atoms with E-state index in [-0.39, 0.29) is 11.2 Å². The van der Waals surface area contributed by atoms with Crippen LogP contribution in [0, 0.1) is 0 Å². The fourth-order valence-corrected chi connectivity index (χ4v) is 3.11. The number of amides is 1. The molecule has 1 atom stereocenters. The molecule has 1 unspecified atom stereocenters. The normalized spacial score (nSPS) is 18.8. The van der Waals surface area contributed by atoms with Crippen molar-refractivity contribution >= 4 is 18.5 Å². The zero-order valence-electron chi connectivity index (χ0n) is 12.3. The molecule has 110 valence electrons. The van der Waals surface area contributed by atoms with E-state index in [4.69, 9.17) is 0 Å². The molecule has 0 saturated carbocycles. The van der Waals surface area contributed by atoms with Crippen molar-refractivity contribution < 1.29 is 4.79 Å². The van der Waals surface area contributed by atoms with E-state index in [1.165, 1.54) is 0 Å². The predicted octanol–water partition coefficient (Wildman–Crippen LogP) is 2.08. The first-order valence-corrected chi connectivity index (χ1v) is 7.77. The summed E-state index contributed by atoms with van der Waals surface area (Å²) >= 11 is 4.51. The molecule has 20 heavy (non-hydrogen) atoms. The summed E-state index contributed by atoms with van der Waals surface area (Å²) in [5.74, 6) is 0.145. The molecule has 1 aromatic rings. The van der Waals surface area contributed by atoms with E-state index in [0.717, 1.165) is 31.5 Å². The number of benzene rings is 1. The van der Waals surface area contributed by atoms with E-state index in [0.29, 0.717) is 12.5 Å². The van der Waals surface area contributed by atoms with Gasteiger partial charge in [0.05, 0.1) is 5.25 Å². The van der Waals surface area contributed by atoms with Crippen LogP contribution in [0.15, 0.2) is 30.3 Å². The van der Waals surface area contributed by atoms with Gasteiger partial charge in [-0.15, -0.1) is 0 Å². The molecular formula is C16H24N2OS. The third-order valence-electron chi connectivity index (χ3n) is 4.14. The Morgan fingerprint density at radius 1 is 1.35 bits per heavy atom. The van der Waals surface area contributed by atoms with Crippen LogP contribution in [0.5, 0.6) is 0 Å². The average molecular weight is 292 g/mol. The van der Waals surface area contributed by atoms with Crippen molar-refractivity contribution in [3.8, 4) is 0 Å². The lowest BCUT2D eigenvalue weighted by Gasteiger charge is -2.36. The van der Waals surface area contributed by atoms with E-state index in [9.17, 15) is 4.79 Å². The first-order chi connectivity index (χ1) is 9.58. The summed E-state index contributed by atoms with van der Waals surface area (Å²) in [6.07, 6.45) is 2.81. The van der Waals surface area contributed by atoms with E-state index >= 15 is 0 Å². The van der Waals surface area contributed by atoms with Crippen molar-refractivity contribution in [2.75, 3.05) is 27.2 Å². The van der Waals surface area contributed by atoms with Crippen LogP contribution in [-0.4, -0.2) is 54.2 Å². The van der Waals surface area contributed by atoms with Crippen molar-refractivity contribution in [3.05, 3.63) is 35.9 Å². The van der Waals surface area contributed by atoms with Gasteiger partial charge in [0.25, 0.3) is 0 Å². The van der Waals surface area contributed by atoms with Gasteiger partial charge in [0.2, 0.25) is 5.91 Å². The molecule has 1 fully saturated rings. The molecule has 0 bridgehead atoms. The van der Waals surface area contributed by atoms with Gasteiger partial charge in [0, 0.05) is 13.1 Å². The number of hydrogen-bond acceptors (Lipinski definition) is 3. The van der Waals surface area contributed by atoms with Gasteiger partial charge in [-0.3, -0.25) is 4.79 Å². The van der Waals surface area contributed by atoms with Gasteiger partial charge in [0.1, 0.15) is 0 Å². The SMILES string of the molecule is CN1CCC(N(C)C(=O)C(S)Cc2ccccc2)CC1. The molecule has 1 aliphatic heterocycles. The number of carbonyl (C=O) groups excluding carboxylic acids is 1. The highest BCUT2D eigenvalue weighted by Gasteiger charge is 2.27. The smallest absolute Gasteiger partial charge is 0.235 e. The zero-order valence-corrected chi connectivity index (χ0v) is 13.2. The second kappa shape index (κ2) is 7.14. The lowest BCUT2D eigenvalue weighted by Crippen LogP contribution is -2.47. The average Bonchev–Trinajstić information content (AvgIpc) is 2.47. The largest absolute Gasteiger partial charge is 0.342 e. The predicted molar refractivity (Wildman–Crippen MR) is 86.2 cm³/mol. The van der Waals surface area contributed by atoms with E-state index in [1.807, 2.05) is 42.3 Å². The molecule has 0 radical (unpaired) electrons. The Morgan fingerprint density at radius 2 is 1.95 bits per heavy atom. The molecular weight excluding hydrogens is 268 g/mol. The highest BCUT2D eigenvalue weighted by Crippen LogP contribution is 2.17. The fraction of sp³-hybridized carbons (Fsp3) is 0.562. The summed E-state index contributed by atoms with van der Waals surface area (Å²) in [7, 11) is 4.06. The van der Waals surface area contributed by atoms with Crippen molar-refractivity contribution in [1.82, 2.24) is 9.80 Å². The summed E-state index contributed by atoms with van der Waals surface area (Å²) in [5.41, 5.74) is 1.16. The lowest BCUT2D eigenvalue weighted by atomic mass is 10.0. The zero-order chi connectivity index (χ0) is 14.5. The molecule has 2 rings (SSSR count). The molecule has 3 nitrogen and oxygen atoms in total. The molecule has 1 aromatic carbocycles. The lowest BCUT2D eigenvalue weighted by molar-refractivity contribution is -0.132. The number of hydrogen-bond donors (Lipinski definition) is 1. The van der Waals surface area contributed by atoms with Gasteiger partial charge in [-0.1, -0.05) is 30.3 Å². The second-order valence-electron chi connectivity index (χ2n) is 5.69. The Labute approximate surface area is 127 Å². The minimum atomic E-state index is -0.248. The Balaban J connectivity index is 1.89. The Morgan fingerprint density at radius 3 is 2.55 bits per heavy atom. The van der Waals surface area contributed by atoms with Crippen molar-refractivity contribution in [2.24, 2.45) is 0 Å². The number of nitrogens with zero attached hydrogens (tertiary/aromatic N) is 2. The molecule has 1 aliphatic rings. The molecule has 0 N–H and O–H groups in total. The van der Waals surface area contributed by atoms with Crippen molar-refractivity contribution in [2.45, 2.75) is 30.6 Å². The molecule has 0 aromatic heterocycles. The van der Waals surface area contributed by atoms with E-state index in [1.54, 1.807) is 0 Å². The molecule has 1 saturated heterocycles. The second-order valence-corrected chi connectivity index (χ2v) is 6.31. The van der Waals surface area contributed by atoms with Crippen LogP contribution in [0.3, 0.4) is 0 Å². The van der Waals surface area contributed by atoms with Crippen LogP contribution in [-0.2, 0) is 11.2 Å². The van der Waals surface area contributed by atoms with Crippen LogP contribution in [0.25, 0.3) is 0 Å². The van der Waals surface area contributed by atoms with Gasteiger partial charge < -0.3 is 9.80 Å². The quantitative estimate of drug-likeness (QED) is 0.859. The summed E-state index contributed by atoms with van der Waals surface area (Å²) in [5, 5.41) is -0.248. The van der Waals surface area contributed by atoms with Gasteiger partial charge in [-0.2, -0.15) is 12.6 Å². The number of likely N-dealkylation sites (tertiary alicyclic amines) is 1. The Hall–Kier alpha value is -1.00. The maximum Gasteiger partial charge on any atom is 0.235 e. The number of thiol groups is 1. The van der Waals surface area contributed by atoms with Gasteiger partial charge >= 0.3 is 0 Å². The molecule has 0 spiro atoms. The van der Waals surface area contributed by atoms with Crippen LogP contribution in [0.2, 0.25) is 0 Å². The number of rotatable bonds is 4. The number of piperidine rings is 1. The van der Waals surface area contributed by atoms with Crippen molar-refractivity contribution in [1.29, 1.82) is 0 Å². The Kier molecular flexibility index (Phi) is 5.49. The third kappa shape index (κ3) is 4.00. The summed E-state index contributed by atoms with van der Waals surface area (Å²) < 4.78 is 0. The van der Waals surface area contributed by atoms with E-state index in [2.05, 4.69) is 24.6 Å². The first kappa shape index (κ1) is 15.4. The van der Waals surface area contributed by atoms with Crippen LogP contribution in [0.1, 0.15) is 18.4 Å². The topological polar surface area (TPSA) is 23.6 Å². The molecule has 4 heteroatoms. The van der Waals surface area contributed by atoms with E-state index < -0.39 is 0 Å². The summed E-state index contributed by atoms with van der Waals surface area (Å²) in [4.78, 5) is 16.7. The molecule has 0 aliphatic carbocycles. The van der Waals surface area contributed by atoms with Crippen LogP contribution in [0.4, 0.5) is 0 Å². The van der Waals surface area contributed by atoms with Gasteiger partial charge in [-0.25, -0.2) is 0 Å². The van der Waals surface area contributed by atoms with Crippen LogP contribution < -0.4 is 0 Å². The highest BCUT2D eigenvalue weighted by molar-refractivity contribution is 7.81.